The van der Waals surface area contributed by atoms with E-state index in [1.54, 1.807) is 0 Å². The summed E-state index contributed by atoms with van der Waals surface area (Å²) in [6.45, 7) is 0. The highest BCUT2D eigenvalue weighted by molar-refractivity contribution is 6.60. The molecule has 0 fully saturated rings. The first kappa shape index (κ1) is 8.99. The van der Waals surface area contributed by atoms with Crippen LogP contribution in [-0.2, 0) is 0 Å². The average molecular weight is 170 g/mol. The van der Waals surface area contributed by atoms with Crippen molar-refractivity contribution in [1.29, 1.82) is 0 Å². The minimum atomic E-state index is -1.86. The highest BCUT2D eigenvalue weighted by Gasteiger charge is 2.19. The predicted octanol–water partition coefficient (Wildman–Crippen LogP) is -1.21. The van der Waals surface area contributed by atoms with Crippen LogP contribution in [0.25, 0.3) is 0 Å². The summed E-state index contributed by atoms with van der Waals surface area (Å²) in [4.78, 5) is 0. The summed E-state index contributed by atoms with van der Waals surface area (Å²) >= 11 is 0. The van der Waals surface area contributed by atoms with Crippen molar-refractivity contribution in [3.63, 3.8) is 0 Å². The van der Waals surface area contributed by atoms with Crippen LogP contribution in [0.3, 0.4) is 0 Å². The van der Waals surface area contributed by atoms with Crippen molar-refractivity contribution in [3.8, 4) is 0 Å². The van der Waals surface area contributed by atoms with Crippen molar-refractivity contribution in [1.82, 2.24) is 0 Å². The molecular formula is C6H8BFN2O2. The number of hydrogen-bond acceptors (Lipinski definition) is 4. The minimum absolute atomic E-state index is 0.157. The van der Waals surface area contributed by atoms with Gasteiger partial charge < -0.3 is 15.5 Å². The zero-order valence-electron chi connectivity index (χ0n) is 6.16. The fourth-order valence-corrected chi connectivity index (χ4v) is 0.925. The number of nitrogens with two attached hydrogens (primary N) is 1. The SMILES string of the molecule is NNc1cccc(F)c1B(O)O. The van der Waals surface area contributed by atoms with E-state index in [-0.39, 0.29) is 11.2 Å². The monoisotopic (exact) mass is 170 g/mol. The number of halogens is 1. The summed E-state index contributed by atoms with van der Waals surface area (Å²) in [6.07, 6.45) is 0. The molecule has 0 unspecified atom stereocenters. The molecule has 6 heteroatoms. The molecule has 1 aromatic carbocycles. The van der Waals surface area contributed by atoms with Crippen LogP contribution in [-0.4, -0.2) is 17.2 Å². The summed E-state index contributed by atoms with van der Waals surface area (Å²) in [6, 6.07) is 3.98. The van der Waals surface area contributed by atoms with Crippen LogP contribution in [0.5, 0.6) is 0 Å². The molecule has 0 radical (unpaired) electrons. The van der Waals surface area contributed by atoms with Crippen LogP contribution in [0, 0.1) is 5.82 Å². The third-order valence-electron chi connectivity index (χ3n) is 1.47. The summed E-state index contributed by atoms with van der Waals surface area (Å²) in [5.74, 6) is 4.31. The third-order valence-corrected chi connectivity index (χ3v) is 1.47. The second-order valence-corrected chi connectivity index (χ2v) is 2.22. The lowest BCUT2D eigenvalue weighted by Crippen LogP contribution is -2.36. The van der Waals surface area contributed by atoms with Crippen molar-refractivity contribution in [2.75, 3.05) is 5.43 Å². The van der Waals surface area contributed by atoms with Crippen LogP contribution in [0.2, 0.25) is 0 Å². The Kier molecular flexibility index (Phi) is 2.64. The Morgan fingerprint density at radius 1 is 1.42 bits per heavy atom. The number of hydrogen-bond donors (Lipinski definition) is 4. The molecule has 0 aliphatic carbocycles. The van der Waals surface area contributed by atoms with Gasteiger partial charge in [-0.2, -0.15) is 0 Å². The smallest absolute Gasteiger partial charge is 0.423 e. The number of anilines is 1. The Hall–Kier alpha value is -1.11. The molecule has 0 aliphatic rings. The molecule has 1 aromatic rings. The molecule has 0 amide bonds. The maximum atomic E-state index is 12.9. The molecule has 0 aliphatic heterocycles. The Morgan fingerprint density at radius 2 is 2.08 bits per heavy atom. The topological polar surface area (TPSA) is 78.5 Å². The zero-order chi connectivity index (χ0) is 9.14. The van der Waals surface area contributed by atoms with E-state index in [9.17, 15) is 4.39 Å². The van der Waals surface area contributed by atoms with Crippen LogP contribution in [0.15, 0.2) is 18.2 Å². The van der Waals surface area contributed by atoms with E-state index < -0.39 is 12.9 Å². The zero-order valence-corrected chi connectivity index (χ0v) is 6.16. The normalized spacial score (nSPS) is 9.67. The van der Waals surface area contributed by atoms with Gasteiger partial charge in [-0.1, -0.05) is 6.07 Å². The second kappa shape index (κ2) is 3.53. The average Bonchev–Trinajstić information content (AvgIpc) is 2.03. The van der Waals surface area contributed by atoms with Crippen molar-refractivity contribution >= 4 is 18.3 Å². The van der Waals surface area contributed by atoms with Crippen LogP contribution >= 0.6 is 0 Å². The van der Waals surface area contributed by atoms with Gasteiger partial charge in [0, 0.05) is 5.46 Å². The molecule has 0 atom stereocenters. The molecule has 0 heterocycles. The van der Waals surface area contributed by atoms with Gasteiger partial charge >= 0.3 is 7.12 Å². The van der Waals surface area contributed by atoms with Crippen LogP contribution in [0.1, 0.15) is 0 Å². The fraction of sp³-hybridized carbons (Fsp3) is 0. The maximum Gasteiger partial charge on any atom is 0.493 e. The van der Waals surface area contributed by atoms with Gasteiger partial charge in [0.2, 0.25) is 0 Å². The highest BCUT2D eigenvalue weighted by atomic mass is 19.1. The van der Waals surface area contributed by atoms with Crippen molar-refractivity contribution in [3.05, 3.63) is 24.0 Å². The van der Waals surface area contributed by atoms with Crippen LogP contribution < -0.4 is 16.7 Å². The van der Waals surface area contributed by atoms with Crippen molar-refractivity contribution in [2.24, 2.45) is 5.84 Å². The largest absolute Gasteiger partial charge is 0.493 e. The van der Waals surface area contributed by atoms with Crippen molar-refractivity contribution in [2.45, 2.75) is 0 Å². The van der Waals surface area contributed by atoms with Gasteiger partial charge in [0.05, 0.1) is 5.69 Å². The summed E-state index contributed by atoms with van der Waals surface area (Å²) < 4.78 is 12.9. The molecule has 0 saturated carbocycles. The molecule has 0 saturated heterocycles. The van der Waals surface area contributed by atoms with Gasteiger partial charge in [-0.15, -0.1) is 0 Å². The maximum absolute atomic E-state index is 12.9. The Morgan fingerprint density at radius 3 is 2.50 bits per heavy atom. The molecule has 0 bridgehead atoms. The Balaban J connectivity index is 3.20. The lowest BCUT2D eigenvalue weighted by molar-refractivity contribution is 0.423. The van der Waals surface area contributed by atoms with E-state index >= 15 is 0 Å². The van der Waals surface area contributed by atoms with Gasteiger partial charge in [-0.3, -0.25) is 5.84 Å². The predicted molar refractivity (Wildman–Crippen MR) is 44.0 cm³/mol. The van der Waals surface area contributed by atoms with Crippen molar-refractivity contribution < 1.29 is 14.4 Å². The molecule has 1 rings (SSSR count). The van der Waals surface area contributed by atoms with E-state index in [1.807, 2.05) is 0 Å². The summed E-state index contributed by atoms with van der Waals surface area (Å²) in [7, 11) is -1.86. The number of nitrogens with one attached hydrogen (secondary N) is 1. The number of benzene rings is 1. The van der Waals surface area contributed by atoms with E-state index in [2.05, 4.69) is 5.43 Å². The van der Waals surface area contributed by atoms with Gasteiger partial charge in [-0.05, 0) is 12.1 Å². The summed E-state index contributed by atoms with van der Waals surface area (Å²) in [5, 5.41) is 17.5. The fourth-order valence-electron chi connectivity index (χ4n) is 0.925. The first-order valence-electron chi connectivity index (χ1n) is 3.28. The highest BCUT2D eigenvalue weighted by Crippen LogP contribution is 2.05. The Bertz CT molecular complexity index is 282. The molecule has 4 nitrogen and oxygen atoms in total. The number of nitrogen functional groups attached to an aromatic ring is 1. The third kappa shape index (κ3) is 1.55. The first-order valence-corrected chi connectivity index (χ1v) is 3.28. The first-order chi connectivity index (χ1) is 5.66. The lowest BCUT2D eigenvalue weighted by Gasteiger charge is -2.07. The molecule has 0 aromatic heterocycles. The van der Waals surface area contributed by atoms with E-state index in [0.717, 1.165) is 6.07 Å². The quantitative estimate of drug-likeness (QED) is 0.255. The van der Waals surface area contributed by atoms with Gasteiger partial charge in [-0.25, -0.2) is 4.39 Å². The van der Waals surface area contributed by atoms with Gasteiger partial charge in [0.15, 0.2) is 0 Å². The molecule has 64 valence electrons. The van der Waals surface area contributed by atoms with E-state index in [1.165, 1.54) is 12.1 Å². The molecule has 0 spiro atoms. The minimum Gasteiger partial charge on any atom is -0.423 e. The van der Waals surface area contributed by atoms with Crippen LogP contribution in [0.4, 0.5) is 10.1 Å². The second-order valence-electron chi connectivity index (χ2n) is 2.22. The number of rotatable bonds is 2. The number of hydrazine groups is 1. The standard InChI is InChI=1S/C6H8BFN2O2/c8-4-2-1-3-5(10-9)6(4)7(11)12/h1-3,10-12H,9H2. The molecule has 12 heavy (non-hydrogen) atoms. The molecule has 5 N–H and O–H groups in total. The van der Waals surface area contributed by atoms with E-state index in [0.29, 0.717) is 0 Å². The Labute approximate surface area is 68.9 Å². The van der Waals surface area contributed by atoms with E-state index in [4.69, 9.17) is 15.9 Å². The summed E-state index contributed by atoms with van der Waals surface area (Å²) in [5.41, 5.74) is 2.07. The van der Waals surface area contributed by atoms with Gasteiger partial charge in [0.25, 0.3) is 0 Å². The van der Waals surface area contributed by atoms with Gasteiger partial charge in [0.1, 0.15) is 5.82 Å². The molecular weight excluding hydrogens is 162 g/mol. The lowest BCUT2D eigenvalue weighted by atomic mass is 9.78.